The van der Waals surface area contributed by atoms with Gasteiger partial charge in [0, 0.05) is 17.5 Å². The lowest BCUT2D eigenvalue weighted by molar-refractivity contribution is 0.170. The van der Waals surface area contributed by atoms with Gasteiger partial charge < -0.3 is 19.9 Å². The molecule has 0 atom stereocenters. The zero-order valence-corrected chi connectivity index (χ0v) is 9.59. The Balaban J connectivity index is 2.18. The number of methoxy groups -OCH3 is 1. The first-order chi connectivity index (χ1) is 8.22. The monoisotopic (exact) mass is 239 g/mol. The van der Waals surface area contributed by atoms with Crippen LogP contribution in [0.4, 0.5) is 4.39 Å². The van der Waals surface area contributed by atoms with Crippen LogP contribution in [-0.4, -0.2) is 20.4 Å². The zero-order valence-electron chi connectivity index (χ0n) is 9.59. The maximum atomic E-state index is 14.2. The number of benzene rings is 1. The van der Waals surface area contributed by atoms with Crippen molar-refractivity contribution in [3.63, 3.8) is 0 Å². The van der Waals surface area contributed by atoms with Crippen molar-refractivity contribution in [2.45, 2.75) is 18.3 Å². The Hall–Kier alpha value is -1.49. The summed E-state index contributed by atoms with van der Waals surface area (Å²) < 4.78 is 29.6. The second-order valence-corrected chi connectivity index (χ2v) is 4.49. The summed E-state index contributed by atoms with van der Waals surface area (Å²) in [4.78, 5) is 0. The second kappa shape index (κ2) is 3.50. The summed E-state index contributed by atoms with van der Waals surface area (Å²) in [5, 5.41) is 0. The molecule has 0 saturated heterocycles. The minimum atomic E-state index is -0.489. The lowest BCUT2D eigenvalue weighted by atomic mass is 9.94. The van der Waals surface area contributed by atoms with E-state index in [-0.39, 0.29) is 23.7 Å². The summed E-state index contributed by atoms with van der Waals surface area (Å²) in [5.41, 5.74) is 6.42. The highest BCUT2D eigenvalue weighted by Gasteiger charge is 2.47. The highest BCUT2D eigenvalue weighted by atomic mass is 19.1. The molecule has 0 spiro atoms. The van der Waals surface area contributed by atoms with Gasteiger partial charge in [-0.2, -0.15) is 4.39 Å². The topological polar surface area (TPSA) is 53.7 Å². The molecule has 1 heterocycles. The van der Waals surface area contributed by atoms with Gasteiger partial charge in [-0.1, -0.05) is 0 Å². The zero-order chi connectivity index (χ0) is 12.0. The van der Waals surface area contributed by atoms with Gasteiger partial charge in [0.2, 0.25) is 18.4 Å². The number of fused-ring (bicyclic) bond motifs is 1. The third-order valence-electron chi connectivity index (χ3n) is 3.58. The van der Waals surface area contributed by atoms with Crippen LogP contribution in [0, 0.1) is 5.82 Å². The van der Waals surface area contributed by atoms with Crippen molar-refractivity contribution in [2.75, 3.05) is 20.4 Å². The van der Waals surface area contributed by atoms with Gasteiger partial charge in [-0.05, 0) is 18.9 Å². The predicted molar refractivity (Wildman–Crippen MR) is 59.0 cm³/mol. The summed E-state index contributed by atoms with van der Waals surface area (Å²) in [7, 11) is 1.46. The summed E-state index contributed by atoms with van der Waals surface area (Å²) in [5.74, 6) is 0.325. The van der Waals surface area contributed by atoms with E-state index in [1.807, 2.05) is 0 Å². The minimum absolute atomic E-state index is 0.0501. The molecule has 0 aromatic heterocycles. The number of halogens is 1. The first-order valence-electron chi connectivity index (χ1n) is 5.58. The number of ether oxygens (including phenoxy) is 3. The number of hydrogen-bond donors (Lipinski definition) is 1. The first kappa shape index (κ1) is 10.7. The molecule has 0 amide bonds. The molecule has 92 valence electrons. The summed E-state index contributed by atoms with van der Waals surface area (Å²) in [6.45, 7) is 0.539. The van der Waals surface area contributed by atoms with E-state index in [1.54, 1.807) is 6.07 Å². The van der Waals surface area contributed by atoms with Gasteiger partial charge in [0.05, 0.1) is 7.11 Å². The van der Waals surface area contributed by atoms with E-state index in [9.17, 15) is 4.39 Å². The normalized spacial score (nSPS) is 19.2. The van der Waals surface area contributed by atoms with Crippen LogP contribution in [0.2, 0.25) is 0 Å². The molecule has 1 fully saturated rings. The van der Waals surface area contributed by atoms with Crippen molar-refractivity contribution in [3.8, 4) is 17.2 Å². The van der Waals surface area contributed by atoms with Gasteiger partial charge in [-0.15, -0.1) is 0 Å². The maximum absolute atomic E-state index is 14.2. The van der Waals surface area contributed by atoms with Crippen LogP contribution < -0.4 is 19.9 Å². The second-order valence-electron chi connectivity index (χ2n) is 4.49. The SMILES string of the molecule is COc1c(C2(CN)CC2)cc2c(c1F)OCO2. The van der Waals surface area contributed by atoms with Crippen molar-refractivity contribution in [1.82, 2.24) is 0 Å². The van der Waals surface area contributed by atoms with Crippen LogP contribution in [0.3, 0.4) is 0 Å². The summed E-state index contributed by atoms with van der Waals surface area (Å²) >= 11 is 0. The average Bonchev–Trinajstić information content (AvgIpc) is 3.00. The largest absolute Gasteiger partial charge is 0.493 e. The molecule has 1 aromatic rings. The lowest BCUT2D eigenvalue weighted by Gasteiger charge is -2.18. The Morgan fingerprint density at radius 1 is 1.47 bits per heavy atom. The Labute approximate surface area is 98.5 Å². The van der Waals surface area contributed by atoms with E-state index in [1.165, 1.54) is 7.11 Å². The molecule has 2 N–H and O–H groups in total. The average molecular weight is 239 g/mol. The smallest absolute Gasteiger partial charge is 0.231 e. The number of nitrogens with two attached hydrogens (primary N) is 1. The van der Waals surface area contributed by atoms with E-state index in [0.717, 1.165) is 18.4 Å². The van der Waals surface area contributed by atoms with Crippen LogP contribution in [0.5, 0.6) is 17.2 Å². The third-order valence-corrected chi connectivity index (χ3v) is 3.58. The van der Waals surface area contributed by atoms with Gasteiger partial charge in [0.15, 0.2) is 11.5 Å². The van der Waals surface area contributed by atoms with Crippen LogP contribution in [-0.2, 0) is 5.41 Å². The van der Waals surface area contributed by atoms with Crippen LogP contribution in [0.1, 0.15) is 18.4 Å². The molecule has 1 aromatic carbocycles. The molecule has 17 heavy (non-hydrogen) atoms. The van der Waals surface area contributed by atoms with Crippen molar-refractivity contribution >= 4 is 0 Å². The lowest BCUT2D eigenvalue weighted by Crippen LogP contribution is -2.21. The molecular formula is C12H14FNO3. The van der Waals surface area contributed by atoms with Crippen LogP contribution in [0.25, 0.3) is 0 Å². The minimum Gasteiger partial charge on any atom is -0.493 e. The molecule has 0 unspecified atom stereocenters. The fourth-order valence-electron chi connectivity index (χ4n) is 2.31. The van der Waals surface area contributed by atoms with Gasteiger partial charge >= 0.3 is 0 Å². The van der Waals surface area contributed by atoms with Crippen molar-refractivity contribution in [2.24, 2.45) is 5.73 Å². The quantitative estimate of drug-likeness (QED) is 0.869. The predicted octanol–water partition coefficient (Wildman–Crippen LogP) is 1.55. The molecule has 0 bridgehead atoms. The molecule has 0 radical (unpaired) electrons. The van der Waals surface area contributed by atoms with Gasteiger partial charge in [-0.3, -0.25) is 0 Å². The standard InChI is InChI=1S/C12H14FNO3/c1-15-10-7(12(5-14)2-3-12)4-8-11(9(10)13)17-6-16-8/h4H,2-3,5-6,14H2,1H3. The Morgan fingerprint density at radius 3 is 2.82 bits per heavy atom. The molecule has 5 heteroatoms. The summed E-state index contributed by atoms with van der Waals surface area (Å²) in [6, 6.07) is 1.80. The van der Waals surface area contributed by atoms with Crippen molar-refractivity contribution in [3.05, 3.63) is 17.4 Å². The fourth-order valence-corrected chi connectivity index (χ4v) is 2.31. The maximum Gasteiger partial charge on any atom is 0.231 e. The van der Waals surface area contributed by atoms with E-state index in [4.69, 9.17) is 19.9 Å². The van der Waals surface area contributed by atoms with E-state index < -0.39 is 5.82 Å². The Morgan fingerprint density at radius 2 is 2.24 bits per heavy atom. The van der Waals surface area contributed by atoms with Crippen molar-refractivity contribution in [1.29, 1.82) is 0 Å². The number of hydrogen-bond acceptors (Lipinski definition) is 4. The molecule has 1 saturated carbocycles. The van der Waals surface area contributed by atoms with E-state index in [2.05, 4.69) is 0 Å². The van der Waals surface area contributed by atoms with Gasteiger partial charge in [-0.25, -0.2) is 0 Å². The van der Waals surface area contributed by atoms with Gasteiger partial charge in [0.1, 0.15) is 0 Å². The molecule has 1 aliphatic carbocycles. The molecule has 1 aliphatic heterocycles. The molecule has 3 rings (SSSR count). The Bertz CT molecular complexity index is 471. The number of rotatable bonds is 3. The molecule has 2 aliphatic rings. The highest BCUT2D eigenvalue weighted by molar-refractivity contribution is 5.57. The summed E-state index contributed by atoms with van der Waals surface area (Å²) in [6.07, 6.45) is 1.91. The third kappa shape index (κ3) is 1.38. The Kier molecular flexibility index (Phi) is 2.19. The first-order valence-corrected chi connectivity index (χ1v) is 5.58. The van der Waals surface area contributed by atoms with Crippen LogP contribution in [0.15, 0.2) is 6.07 Å². The highest BCUT2D eigenvalue weighted by Crippen LogP contribution is 2.54. The van der Waals surface area contributed by atoms with E-state index in [0.29, 0.717) is 12.3 Å². The van der Waals surface area contributed by atoms with Gasteiger partial charge in [0.25, 0.3) is 0 Å². The van der Waals surface area contributed by atoms with E-state index >= 15 is 0 Å². The molecule has 4 nitrogen and oxygen atoms in total. The van der Waals surface area contributed by atoms with Crippen molar-refractivity contribution < 1.29 is 18.6 Å². The fraction of sp³-hybridized carbons (Fsp3) is 0.500. The molecular weight excluding hydrogens is 225 g/mol. The van der Waals surface area contributed by atoms with Crippen LogP contribution >= 0.6 is 0 Å².